The van der Waals surface area contributed by atoms with Gasteiger partial charge in [0.05, 0.1) is 0 Å². The summed E-state index contributed by atoms with van der Waals surface area (Å²) in [5.41, 5.74) is 3.86. The second-order valence-electron chi connectivity index (χ2n) is 4.38. The van der Waals surface area contributed by atoms with Crippen molar-refractivity contribution in [3.05, 3.63) is 60.4 Å². The number of unbranched alkanes of at least 4 members (excludes halogenated alkanes) is 2. The molecule has 20 heavy (non-hydrogen) atoms. The Hall–Kier alpha value is -2.29. The zero-order valence-electron chi connectivity index (χ0n) is 11.8. The first-order valence-electron chi connectivity index (χ1n) is 6.90. The predicted molar refractivity (Wildman–Crippen MR) is 85.1 cm³/mol. The molecule has 0 atom stereocenters. The molecule has 1 nitrogen and oxygen atoms in total. The molecule has 1 rings (SSSR count). The highest BCUT2D eigenvalue weighted by Crippen LogP contribution is 2.03. The molecule has 0 aliphatic carbocycles. The lowest BCUT2D eigenvalue weighted by atomic mass is 10.1. The standard InChI is InChI=1S/C19H20O/c1-2-3-8-16-19(20)17-12-6-4-5-9-13-18-14-10-7-11-15-18/h3,7,9-11,13-15H,1,4-6,8,16H2. The smallest absolute Gasteiger partial charge is 0.205 e. The second kappa shape index (κ2) is 10.6. The van der Waals surface area contributed by atoms with Crippen LogP contribution in [0.5, 0.6) is 0 Å². The van der Waals surface area contributed by atoms with Gasteiger partial charge in [0.25, 0.3) is 0 Å². The summed E-state index contributed by atoms with van der Waals surface area (Å²) >= 11 is 0. The first kappa shape index (κ1) is 15.8. The first-order valence-corrected chi connectivity index (χ1v) is 6.90. The van der Waals surface area contributed by atoms with Crippen molar-refractivity contribution in [1.29, 1.82) is 0 Å². The molecule has 1 aromatic rings. The quantitative estimate of drug-likeness (QED) is 0.305. The number of benzene rings is 1. The van der Waals surface area contributed by atoms with Crippen LogP contribution in [0.4, 0.5) is 0 Å². The Labute approximate surface area is 121 Å². The number of Topliss-reactive ketones (excluding diaryl/α,β-unsaturated/α-hetero) is 1. The fraction of sp³-hybridized carbons (Fsp3) is 0.263. The topological polar surface area (TPSA) is 17.1 Å². The van der Waals surface area contributed by atoms with Gasteiger partial charge in [0.1, 0.15) is 0 Å². The minimum Gasteiger partial charge on any atom is -0.285 e. The van der Waals surface area contributed by atoms with Crippen molar-refractivity contribution >= 4 is 11.9 Å². The van der Waals surface area contributed by atoms with Crippen LogP contribution >= 0.6 is 0 Å². The molecule has 0 saturated heterocycles. The van der Waals surface area contributed by atoms with E-state index in [2.05, 4.69) is 48.4 Å². The molecule has 0 unspecified atom stereocenters. The van der Waals surface area contributed by atoms with Gasteiger partial charge in [0.15, 0.2) is 0 Å². The normalized spacial score (nSPS) is 9.60. The molecule has 1 aromatic carbocycles. The van der Waals surface area contributed by atoms with Crippen molar-refractivity contribution < 1.29 is 4.79 Å². The van der Waals surface area contributed by atoms with Gasteiger partial charge in [-0.25, -0.2) is 0 Å². The van der Waals surface area contributed by atoms with Crippen LogP contribution in [-0.2, 0) is 4.79 Å². The van der Waals surface area contributed by atoms with Crippen LogP contribution in [-0.4, -0.2) is 5.78 Å². The molecule has 0 radical (unpaired) electrons. The van der Waals surface area contributed by atoms with Crippen LogP contribution in [0.3, 0.4) is 0 Å². The fourth-order valence-corrected chi connectivity index (χ4v) is 1.62. The summed E-state index contributed by atoms with van der Waals surface area (Å²) in [5.74, 6) is 5.59. The molecular weight excluding hydrogens is 244 g/mol. The molecule has 0 spiro atoms. The fourth-order valence-electron chi connectivity index (χ4n) is 1.62. The van der Waals surface area contributed by atoms with E-state index < -0.39 is 0 Å². The lowest BCUT2D eigenvalue weighted by Crippen LogP contribution is -1.91. The number of carbonyl (C=O) groups is 1. The zero-order chi connectivity index (χ0) is 14.5. The van der Waals surface area contributed by atoms with E-state index in [1.807, 2.05) is 18.2 Å². The van der Waals surface area contributed by atoms with E-state index in [0.29, 0.717) is 12.8 Å². The summed E-state index contributed by atoms with van der Waals surface area (Å²) in [6.07, 6.45) is 9.89. The van der Waals surface area contributed by atoms with Crippen molar-refractivity contribution in [3.8, 4) is 11.8 Å². The van der Waals surface area contributed by atoms with E-state index in [1.165, 1.54) is 5.56 Å². The molecule has 0 amide bonds. The van der Waals surface area contributed by atoms with E-state index in [0.717, 1.165) is 19.3 Å². The summed E-state index contributed by atoms with van der Waals surface area (Å²) in [4.78, 5) is 11.3. The highest BCUT2D eigenvalue weighted by molar-refractivity contribution is 5.95. The van der Waals surface area contributed by atoms with Gasteiger partial charge in [-0.2, -0.15) is 0 Å². The number of rotatable bonds is 7. The van der Waals surface area contributed by atoms with Crippen molar-refractivity contribution in [1.82, 2.24) is 0 Å². The van der Waals surface area contributed by atoms with Crippen molar-refractivity contribution in [2.45, 2.75) is 32.1 Å². The maximum Gasteiger partial charge on any atom is 0.205 e. The largest absolute Gasteiger partial charge is 0.285 e. The van der Waals surface area contributed by atoms with Crippen LogP contribution in [0.1, 0.15) is 37.7 Å². The molecular formula is C19H20O. The van der Waals surface area contributed by atoms with Crippen molar-refractivity contribution in [2.75, 3.05) is 0 Å². The van der Waals surface area contributed by atoms with Gasteiger partial charge < -0.3 is 0 Å². The lowest BCUT2D eigenvalue weighted by Gasteiger charge is -1.91. The second-order valence-corrected chi connectivity index (χ2v) is 4.38. The zero-order valence-corrected chi connectivity index (χ0v) is 11.8. The summed E-state index contributed by atoms with van der Waals surface area (Å²) < 4.78 is 0. The van der Waals surface area contributed by atoms with E-state index in [1.54, 1.807) is 6.08 Å². The van der Waals surface area contributed by atoms with Crippen LogP contribution < -0.4 is 0 Å². The van der Waals surface area contributed by atoms with Gasteiger partial charge in [0.2, 0.25) is 5.78 Å². The highest BCUT2D eigenvalue weighted by Gasteiger charge is 1.92. The number of ketones is 1. The Balaban J connectivity index is 2.14. The first-order chi connectivity index (χ1) is 9.83. The lowest BCUT2D eigenvalue weighted by molar-refractivity contribution is -0.113. The summed E-state index contributed by atoms with van der Waals surface area (Å²) in [7, 11) is 0. The molecule has 0 heterocycles. The van der Waals surface area contributed by atoms with E-state index in [9.17, 15) is 4.79 Å². The van der Waals surface area contributed by atoms with Gasteiger partial charge in [-0.15, -0.1) is 5.73 Å². The molecule has 0 bridgehead atoms. The van der Waals surface area contributed by atoms with Gasteiger partial charge in [-0.05, 0) is 36.8 Å². The predicted octanol–water partition coefficient (Wildman–Crippen LogP) is 4.56. The Kier molecular flexibility index (Phi) is 8.37. The number of allylic oxidation sites excluding steroid dienone is 2. The maximum atomic E-state index is 11.3. The monoisotopic (exact) mass is 264 g/mol. The third kappa shape index (κ3) is 7.93. The molecule has 0 N–H and O–H groups in total. The SMILES string of the molecule is C=C=CCCC(=O)C#CCCCC=Cc1ccccc1. The van der Waals surface area contributed by atoms with Crippen molar-refractivity contribution in [2.24, 2.45) is 0 Å². The van der Waals surface area contributed by atoms with Gasteiger partial charge in [-0.1, -0.05) is 55.0 Å². The highest BCUT2D eigenvalue weighted by atomic mass is 16.1. The molecule has 0 aromatic heterocycles. The molecule has 0 aliphatic heterocycles. The maximum absolute atomic E-state index is 11.3. The summed E-state index contributed by atoms with van der Waals surface area (Å²) in [5, 5.41) is 0. The number of hydrogen-bond acceptors (Lipinski definition) is 1. The minimum absolute atomic E-state index is 0.00340. The molecule has 1 heteroatoms. The number of carbonyl (C=O) groups excluding carboxylic acids is 1. The molecule has 0 fully saturated rings. The van der Waals surface area contributed by atoms with E-state index in [-0.39, 0.29) is 5.78 Å². The van der Waals surface area contributed by atoms with Gasteiger partial charge in [0, 0.05) is 12.8 Å². The van der Waals surface area contributed by atoms with Gasteiger partial charge in [-0.3, -0.25) is 4.79 Å². The Morgan fingerprint density at radius 1 is 1.20 bits per heavy atom. The minimum atomic E-state index is -0.00340. The third-order valence-electron chi connectivity index (χ3n) is 2.67. The van der Waals surface area contributed by atoms with Crippen molar-refractivity contribution in [3.63, 3.8) is 0 Å². The molecule has 0 aliphatic rings. The van der Waals surface area contributed by atoms with Crippen LogP contribution in [0, 0.1) is 11.8 Å². The molecule has 0 saturated carbocycles. The summed E-state index contributed by atoms with van der Waals surface area (Å²) in [6, 6.07) is 10.2. The van der Waals surface area contributed by atoms with E-state index in [4.69, 9.17) is 0 Å². The van der Waals surface area contributed by atoms with Crippen LogP contribution in [0.2, 0.25) is 0 Å². The summed E-state index contributed by atoms with van der Waals surface area (Å²) in [6.45, 7) is 3.45. The molecule has 102 valence electrons. The average Bonchev–Trinajstić information content (AvgIpc) is 2.47. The van der Waals surface area contributed by atoms with Crippen LogP contribution in [0.25, 0.3) is 6.08 Å². The average molecular weight is 264 g/mol. The van der Waals surface area contributed by atoms with Crippen LogP contribution in [0.15, 0.2) is 54.8 Å². The Morgan fingerprint density at radius 2 is 2.00 bits per heavy atom. The number of hydrogen-bond donors (Lipinski definition) is 0. The Bertz CT molecular complexity index is 534. The van der Waals surface area contributed by atoms with E-state index >= 15 is 0 Å². The third-order valence-corrected chi connectivity index (χ3v) is 2.67. The Morgan fingerprint density at radius 3 is 2.75 bits per heavy atom. The van der Waals surface area contributed by atoms with Gasteiger partial charge >= 0.3 is 0 Å².